The molecule has 0 bridgehead atoms. The van der Waals surface area contributed by atoms with Crippen LogP contribution in [0.2, 0.25) is 0 Å². The molecule has 4 rings (SSSR count). The summed E-state index contributed by atoms with van der Waals surface area (Å²) in [4.78, 5) is 16.6. The summed E-state index contributed by atoms with van der Waals surface area (Å²) >= 11 is 0. The first-order valence-corrected chi connectivity index (χ1v) is 10.6. The van der Waals surface area contributed by atoms with Gasteiger partial charge < -0.3 is 10.1 Å². The maximum absolute atomic E-state index is 12.4. The molecule has 0 unspecified atom stereocenters. The van der Waals surface area contributed by atoms with E-state index in [4.69, 9.17) is 5.10 Å². The Morgan fingerprint density at radius 3 is 2.53 bits per heavy atom. The second-order valence-electron chi connectivity index (χ2n) is 7.43. The van der Waals surface area contributed by atoms with Crippen LogP contribution in [0.5, 0.6) is 5.75 Å². The second-order valence-corrected chi connectivity index (χ2v) is 7.43. The largest absolute Gasteiger partial charge is 0.435 e. The minimum Gasteiger partial charge on any atom is -0.435 e. The molecule has 8 heteroatoms. The van der Waals surface area contributed by atoms with Gasteiger partial charge in [0.2, 0.25) is 5.91 Å². The van der Waals surface area contributed by atoms with Crippen molar-refractivity contribution in [3.63, 3.8) is 0 Å². The van der Waals surface area contributed by atoms with E-state index >= 15 is 0 Å². The van der Waals surface area contributed by atoms with Gasteiger partial charge in [-0.1, -0.05) is 42.5 Å². The molecule has 4 aromatic rings. The highest BCUT2D eigenvalue weighted by molar-refractivity contribution is 5.92. The summed E-state index contributed by atoms with van der Waals surface area (Å²) in [6, 6.07) is 19.8. The first kappa shape index (κ1) is 22.8. The Kier molecular flexibility index (Phi) is 7.39. The summed E-state index contributed by atoms with van der Waals surface area (Å²) < 4.78 is 30.7. The topological polar surface area (TPSA) is 69.0 Å². The predicted octanol–water partition coefficient (Wildman–Crippen LogP) is 4.92. The second kappa shape index (κ2) is 11.0. The number of rotatable bonds is 9. The minimum absolute atomic E-state index is 0.0698. The number of amides is 1. The van der Waals surface area contributed by atoms with Gasteiger partial charge in [-0.3, -0.25) is 14.5 Å². The van der Waals surface area contributed by atoms with Gasteiger partial charge in [0.05, 0.1) is 6.54 Å². The third-order valence-corrected chi connectivity index (χ3v) is 4.94. The highest BCUT2D eigenvalue weighted by atomic mass is 19.3. The zero-order chi connectivity index (χ0) is 23.8. The number of halogens is 2. The summed E-state index contributed by atoms with van der Waals surface area (Å²) in [5.41, 5.74) is 4.23. The van der Waals surface area contributed by atoms with Gasteiger partial charge in [0.15, 0.2) is 0 Å². The van der Waals surface area contributed by atoms with Crippen LogP contribution in [0.1, 0.15) is 16.7 Å². The SMILES string of the molecule is O=C(/C=C/c1cn(Cc2ccccc2)nc1-c1cccnc1)NCc1ccc(OC(F)F)cc1. The Hall–Kier alpha value is -4.33. The van der Waals surface area contributed by atoms with E-state index in [-0.39, 0.29) is 18.2 Å². The lowest BCUT2D eigenvalue weighted by atomic mass is 10.1. The fraction of sp³-hybridized carbons (Fsp3) is 0.115. The lowest BCUT2D eigenvalue weighted by Crippen LogP contribution is -2.20. The number of hydrogen-bond donors (Lipinski definition) is 1. The lowest BCUT2D eigenvalue weighted by Gasteiger charge is -2.06. The quantitative estimate of drug-likeness (QED) is 0.360. The average Bonchev–Trinajstić information content (AvgIpc) is 3.25. The molecular weight excluding hydrogens is 438 g/mol. The summed E-state index contributed by atoms with van der Waals surface area (Å²) in [5.74, 6) is -0.221. The van der Waals surface area contributed by atoms with Crippen LogP contribution >= 0.6 is 0 Å². The van der Waals surface area contributed by atoms with Gasteiger partial charge >= 0.3 is 6.61 Å². The number of alkyl halides is 2. The standard InChI is InChI=1S/C26H22F2N4O2/c27-26(28)34-23-11-8-19(9-12-23)15-30-24(33)13-10-22-18-32(17-20-5-2-1-3-6-20)31-25(22)21-7-4-14-29-16-21/h1-14,16,18,26H,15,17H2,(H,30,33)/b13-10+. The Labute approximate surface area is 195 Å². The molecule has 2 aromatic heterocycles. The summed E-state index contributed by atoms with van der Waals surface area (Å²) in [7, 11) is 0. The average molecular weight is 460 g/mol. The maximum Gasteiger partial charge on any atom is 0.387 e. The lowest BCUT2D eigenvalue weighted by molar-refractivity contribution is -0.116. The molecule has 0 spiro atoms. The third-order valence-electron chi connectivity index (χ3n) is 4.94. The Bertz CT molecular complexity index is 1240. The van der Waals surface area contributed by atoms with E-state index in [1.165, 1.54) is 18.2 Å². The Morgan fingerprint density at radius 2 is 1.82 bits per heavy atom. The number of ether oxygens (including phenoxy) is 1. The normalized spacial score (nSPS) is 11.1. The van der Waals surface area contributed by atoms with Gasteiger partial charge in [0.1, 0.15) is 11.4 Å². The Balaban J connectivity index is 1.45. The van der Waals surface area contributed by atoms with Crippen LogP contribution in [-0.2, 0) is 17.9 Å². The van der Waals surface area contributed by atoms with Gasteiger partial charge in [-0.05, 0) is 41.5 Å². The molecule has 2 aromatic carbocycles. The first-order valence-electron chi connectivity index (χ1n) is 10.6. The van der Waals surface area contributed by atoms with Gasteiger partial charge in [0, 0.05) is 42.3 Å². The molecule has 6 nitrogen and oxygen atoms in total. The van der Waals surface area contributed by atoms with Gasteiger partial charge in [0.25, 0.3) is 0 Å². The van der Waals surface area contributed by atoms with Crippen molar-refractivity contribution in [1.82, 2.24) is 20.1 Å². The number of carbonyl (C=O) groups is 1. The molecule has 0 aliphatic rings. The van der Waals surface area contributed by atoms with Gasteiger partial charge in [-0.2, -0.15) is 13.9 Å². The van der Waals surface area contributed by atoms with Gasteiger partial charge in [-0.25, -0.2) is 0 Å². The van der Waals surface area contributed by atoms with Crippen LogP contribution in [-0.4, -0.2) is 27.3 Å². The molecule has 2 heterocycles. The number of hydrogen-bond acceptors (Lipinski definition) is 4. The van der Waals surface area contributed by atoms with Crippen LogP contribution in [0, 0.1) is 0 Å². The summed E-state index contributed by atoms with van der Waals surface area (Å²) in [6.45, 7) is -2.02. The van der Waals surface area contributed by atoms with Crippen molar-refractivity contribution in [2.45, 2.75) is 19.7 Å². The monoisotopic (exact) mass is 460 g/mol. The summed E-state index contributed by atoms with van der Waals surface area (Å²) in [6.07, 6.45) is 8.47. The van der Waals surface area contributed by atoms with Crippen LogP contribution in [0.3, 0.4) is 0 Å². The van der Waals surface area contributed by atoms with Crippen molar-refractivity contribution in [3.8, 4) is 17.0 Å². The number of aromatic nitrogens is 3. The zero-order valence-electron chi connectivity index (χ0n) is 18.1. The highest BCUT2D eigenvalue weighted by Gasteiger charge is 2.11. The maximum atomic E-state index is 12.4. The molecule has 0 fully saturated rings. The fourth-order valence-electron chi connectivity index (χ4n) is 3.34. The molecule has 0 aliphatic heterocycles. The van der Waals surface area contributed by atoms with Crippen molar-refractivity contribution in [2.75, 3.05) is 0 Å². The molecule has 0 aliphatic carbocycles. The molecule has 0 atom stereocenters. The number of benzene rings is 2. The van der Waals surface area contributed by atoms with E-state index in [2.05, 4.69) is 15.0 Å². The molecule has 1 N–H and O–H groups in total. The molecule has 34 heavy (non-hydrogen) atoms. The van der Waals surface area contributed by atoms with E-state index in [1.54, 1.807) is 30.6 Å². The number of nitrogens with one attached hydrogen (secondary N) is 1. The van der Waals surface area contributed by atoms with Crippen LogP contribution in [0.4, 0.5) is 8.78 Å². The minimum atomic E-state index is -2.87. The van der Waals surface area contributed by atoms with Crippen LogP contribution in [0.25, 0.3) is 17.3 Å². The fourth-order valence-corrected chi connectivity index (χ4v) is 3.34. The number of nitrogens with zero attached hydrogens (tertiary/aromatic N) is 3. The zero-order valence-corrected chi connectivity index (χ0v) is 18.1. The van der Waals surface area contributed by atoms with Crippen LogP contribution < -0.4 is 10.1 Å². The molecule has 0 saturated heterocycles. The highest BCUT2D eigenvalue weighted by Crippen LogP contribution is 2.23. The molecular formula is C26H22F2N4O2. The number of carbonyl (C=O) groups excluding carboxylic acids is 1. The molecule has 0 saturated carbocycles. The van der Waals surface area contributed by atoms with Crippen molar-refractivity contribution >= 4 is 12.0 Å². The summed E-state index contributed by atoms with van der Waals surface area (Å²) in [5, 5.41) is 7.49. The van der Waals surface area contributed by atoms with Crippen molar-refractivity contribution in [2.24, 2.45) is 0 Å². The van der Waals surface area contributed by atoms with Gasteiger partial charge in [-0.15, -0.1) is 0 Å². The van der Waals surface area contributed by atoms with Crippen LogP contribution in [0.15, 0.2) is 91.4 Å². The van der Waals surface area contributed by atoms with E-state index in [0.717, 1.165) is 27.9 Å². The van der Waals surface area contributed by atoms with E-state index in [9.17, 15) is 13.6 Å². The van der Waals surface area contributed by atoms with Crippen molar-refractivity contribution < 1.29 is 18.3 Å². The van der Waals surface area contributed by atoms with Crippen molar-refractivity contribution in [3.05, 3.63) is 108 Å². The van der Waals surface area contributed by atoms with Crippen molar-refractivity contribution in [1.29, 1.82) is 0 Å². The number of pyridine rings is 1. The smallest absolute Gasteiger partial charge is 0.387 e. The predicted molar refractivity (Wildman–Crippen MR) is 125 cm³/mol. The first-order chi connectivity index (χ1) is 16.6. The van der Waals surface area contributed by atoms with E-state index in [0.29, 0.717) is 6.54 Å². The van der Waals surface area contributed by atoms with E-state index < -0.39 is 6.61 Å². The van der Waals surface area contributed by atoms with E-state index in [1.807, 2.05) is 53.3 Å². The third kappa shape index (κ3) is 6.35. The molecule has 172 valence electrons. The molecule has 0 radical (unpaired) electrons. The molecule has 1 amide bonds. The Morgan fingerprint density at radius 1 is 1.03 bits per heavy atom.